The van der Waals surface area contributed by atoms with Gasteiger partial charge in [0.05, 0.1) is 0 Å². The lowest BCUT2D eigenvalue weighted by molar-refractivity contribution is -0.0457. The normalized spacial score (nSPS) is 40.0. The molecule has 18 heavy (non-hydrogen) atoms. The highest BCUT2D eigenvalue weighted by Gasteiger charge is 2.46. The van der Waals surface area contributed by atoms with Gasteiger partial charge in [0.15, 0.2) is 0 Å². The van der Waals surface area contributed by atoms with Crippen molar-refractivity contribution < 1.29 is 0 Å². The Morgan fingerprint density at radius 2 is 1.67 bits per heavy atom. The van der Waals surface area contributed by atoms with Crippen LogP contribution in [0.1, 0.15) is 45.4 Å². The first-order valence-electron chi connectivity index (χ1n) is 7.93. The van der Waals surface area contributed by atoms with Crippen molar-refractivity contribution in [1.29, 1.82) is 0 Å². The third-order valence-electron chi connectivity index (χ3n) is 5.66. The molecule has 0 amide bonds. The summed E-state index contributed by atoms with van der Waals surface area (Å²) in [6.07, 6.45) is 8.45. The summed E-state index contributed by atoms with van der Waals surface area (Å²) in [5, 5.41) is 0. The average Bonchev–Trinajstić information content (AvgIpc) is 2.89. The van der Waals surface area contributed by atoms with E-state index >= 15 is 0 Å². The summed E-state index contributed by atoms with van der Waals surface area (Å²) in [5.74, 6) is 0.890. The fourth-order valence-corrected chi connectivity index (χ4v) is 4.62. The van der Waals surface area contributed by atoms with Crippen molar-refractivity contribution in [3.63, 3.8) is 0 Å². The van der Waals surface area contributed by atoms with Gasteiger partial charge >= 0.3 is 0 Å². The standard InChI is InChI=1S/C15H29N3/c1-13-10-15(11-13,12-16)18-8-6-17(7-9-18)14-4-2-3-5-14/h13-14H,2-12,16H2,1H3. The minimum Gasteiger partial charge on any atom is -0.329 e. The second kappa shape index (κ2) is 5.10. The Balaban J connectivity index is 1.53. The molecule has 3 aliphatic rings. The van der Waals surface area contributed by atoms with Gasteiger partial charge in [-0.1, -0.05) is 19.8 Å². The molecule has 1 heterocycles. The first-order valence-corrected chi connectivity index (χ1v) is 7.93. The smallest absolute Gasteiger partial charge is 0.0337 e. The van der Waals surface area contributed by atoms with Crippen LogP contribution in [0.25, 0.3) is 0 Å². The van der Waals surface area contributed by atoms with Crippen molar-refractivity contribution in [2.75, 3.05) is 32.7 Å². The van der Waals surface area contributed by atoms with Crippen molar-refractivity contribution in [3.8, 4) is 0 Å². The molecule has 3 rings (SSSR count). The SMILES string of the molecule is CC1CC(CN)(N2CCN(C3CCCC3)CC2)C1. The third kappa shape index (κ3) is 2.21. The van der Waals surface area contributed by atoms with E-state index in [1.165, 1.54) is 64.7 Å². The van der Waals surface area contributed by atoms with Gasteiger partial charge in [-0.2, -0.15) is 0 Å². The molecule has 0 aromatic rings. The maximum atomic E-state index is 6.06. The Morgan fingerprint density at radius 3 is 2.17 bits per heavy atom. The van der Waals surface area contributed by atoms with Crippen LogP contribution in [-0.4, -0.2) is 54.1 Å². The van der Waals surface area contributed by atoms with Gasteiger partial charge in [0, 0.05) is 44.3 Å². The maximum absolute atomic E-state index is 6.06. The summed E-state index contributed by atoms with van der Waals surface area (Å²) in [4.78, 5) is 5.45. The lowest BCUT2D eigenvalue weighted by atomic mass is 9.68. The average molecular weight is 251 g/mol. The van der Waals surface area contributed by atoms with E-state index in [9.17, 15) is 0 Å². The van der Waals surface area contributed by atoms with Gasteiger partial charge in [0.1, 0.15) is 0 Å². The molecule has 0 aromatic heterocycles. The van der Waals surface area contributed by atoms with Gasteiger partial charge in [0.2, 0.25) is 0 Å². The summed E-state index contributed by atoms with van der Waals surface area (Å²) in [6, 6.07) is 0.904. The molecule has 0 bridgehead atoms. The second-order valence-electron chi connectivity index (χ2n) is 6.90. The first-order chi connectivity index (χ1) is 8.73. The zero-order valence-electron chi connectivity index (χ0n) is 11.9. The molecule has 2 aliphatic carbocycles. The van der Waals surface area contributed by atoms with Crippen LogP contribution in [0, 0.1) is 5.92 Å². The van der Waals surface area contributed by atoms with E-state index in [1.54, 1.807) is 0 Å². The summed E-state index contributed by atoms with van der Waals surface area (Å²) < 4.78 is 0. The highest BCUT2D eigenvalue weighted by atomic mass is 15.3. The Hall–Kier alpha value is -0.120. The fourth-order valence-electron chi connectivity index (χ4n) is 4.62. The molecule has 2 saturated carbocycles. The molecule has 1 aliphatic heterocycles. The van der Waals surface area contributed by atoms with Gasteiger partial charge < -0.3 is 5.73 Å². The Morgan fingerprint density at radius 1 is 1.06 bits per heavy atom. The number of nitrogens with two attached hydrogens (primary N) is 1. The monoisotopic (exact) mass is 251 g/mol. The zero-order valence-corrected chi connectivity index (χ0v) is 11.9. The third-order valence-corrected chi connectivity index (χ3v) is 5.66. The van der Waals surface area contributed by atoms with Crippen LogP contribution in [0.3, 0.4) is 0 Å². The van der Waals surface area contributed by atoms with Crippen molar-refractivity contribution in [2.45, 2.75) is 57.0 Å². The number of nitrogens with zero attached hydrogens (tertiary/aromatic N) is 2. The molecule has 0 atom stereocenters. The molecule has 0 aromatic carbocycles. The summed E-state index contributed by atoms with van der Waals surface area (Å²) in [7, 11) is 0. The van der Waals surface area contributed by atoms with Crippen LogP contribution < -0.4 is 5.73 Å². The Labute approximate surface area is 112 Å². The van der Waals surface area contributed by atoms with E-state index < -0.39 is 0 Å². The summed E-state index contributed by atoms with van der Waals surface area (Å²) in [6.45, 7) is 8.28. The van der Waals surface area contributed by atoms with E-state index in [0.717, 1.165) is 18.5 Å². The van der Waals surface area contributed by atoms with Crippen LogP contribution in [-0.2, 0) is 0 Å². The van der Waals surface area contributed by atoms with Crippen molar-refractivity contribution >= 4 is 0 Å². The lowest BCUT2D eigenvalue weighted by Crippen LogP contribution is -2.65. The van der Waals surface area contributed by atoms with Crippen LogP contribution in [0.2, 0.25) is 0 Å². The summed E-state index contributed by atoms with van der Waals surface area (Å²) >= 11 is 0. The quantitative estimate of drug-likeness (QED) is 0.828. The van der Waals surface area contributed by atoms with Crippen molar-refractivity contribution in [2.24, 2.45) is 11.7 Å². The Bertz CT molecular complexity index is 271. The van der Waals surface area contributed by atoms with Crippen LogP contribution in [0.5, 0.6) is 0 Å². The van der Waals surface area contributed by atoms with E-state index in [0.29, 0.717) is 5.54 Å². The Kier molecular flexibility index (Phi) is 3.65. The molecular formula is C15H29N3. The topological polar surface area (TPSA) is 32.5 Å². The number of hydrogen-bond donors (Lipinski definition) is 1. The maximum Gasteiger partial charge on any atom is 0.0337 e. The number of piperazine rings is 1. The van der Waals surface area contributed by atoms with Gasteiger partial charge in [-0.15, -0.1) is 0 Å². The molecule has 3 nitrogen and oxygen atoms in total. The molecular weight excluding hydrogens is 222 g/mol. The molecule has 2 N–H and O–H groups in total. The van der Waals surface area contributed by atoms with Gasteiger partial charge in [0.25, 0.3) is 0 Å². The zero-order chi connectivity index (χ0) is 12.6. The highest BCUT2D eigenvalue weighted by Crippen LogP contribution is 2.42. The van der Waals surface area contributed by atoms with Crippen LogP contribution in [0.15, 0.2) is 0 Å². The van der Waals surface area contributed by atoms with Gasteiger partial charge in [-0.3, -0.25) is 9.80 Å². The van der Waals surface area contributed by atoms with Crippen LogP contribution >= 0.6 is 0 Å². The molecule has 3 heteroatoms. The number of rotatable bonds is 3. The molecule has 0 radical (unpaired) electrons. The molecule has 3 fully saturated rings. The minimum atomic E-state index is 0.376. The first kappa shape index (κ1) is 12.9. The molecule has 0 unspecified atom stereocenters. The minimum absolute atomic E-state index is 0.376. The van der Waals surface area contributed by atoms with E-state index in [-0.39, 0.29) is 0 Å². The molecule has 104 valence electrons. The second-order valence-corrected chi connectivity index (χ2v) is 6.90. The fraction of sp³-hybridized carbons (Fsp3) is 1.00. The summed E-state index contributed by atoms with van der Waals surface area (Å²) in [5.41, 5.74) is 6.44. The van der Waals surface area contributed by atoms with E-state index in [1.807, 2.05) is 0 Å². The predicted molar refractivity (Wildman–Crippen MR) is 75.6 cm³/mol. The predicted octanol–water partition coefficient (Wildman–Crippen LogP) is 1.67. The van der Waals surface area contributed by atoms with E-state index in [4.69, 9.17) is 5.73 Å². The van der Waals surface area contributed by atoms with Crippen LogP contribution in [0.4, 0.5) is 0 Å². The number of hydrogen-bond acceptors (Lipinski definition) is 3. The van der Waals surface area contributed by atoms with Gasteiger partial charge in [-0.05, 0) is 31.6 Å². The van der Waals surface area contributed by atoms with Gasteiger partial charge in [-0.25, -0.2) is 0 Å². The largest absolute Gasteiger partial charge is 0.329 e. The lowest BCUT2D eigenvalue weighted by Gasteiger charge is -2.56. The van der Waals surface area contributed by atoms with E-state index in [2.05, 4.69) is 16.7 Å². The van der Waals surface area contributed by atoms with Crippen molar-refractivity contribution in [3.05, 3.63) is 0 Å². The highest BCUT2D eigenvalue weighted by molar-refractivity contribution is 5.03. The van der Waals surface area contributed by atoms with Crippen molar-refractivity contribution in [1.82, 2.24) is 9.80 Å². The molecule has 1 saturated heterocycles. The molecule has 0 spiro atoms.